The summed E-state index contributed by atoms with van der Waals surface area (Å²) in [6.45, 7) is 0. The summed E-state index contributed by atoms with van der Waals surface area (Å²) in [6, 6.07) is 5.72. The van der Waals surface area contributed by atoms with Crippen molar-refractivity contribution in [3.05, 3.63) is 28.8 Å². The zero-order valence-corrected chi connectivity index (χ0v) is 10.6. The molecule has 0 aromatic heterocycles. The molecule has 0 aliphatic heterocycles. The maximum atomic E-state index is 7.57. The molecule has 3 N–H and O–H groups in total. The van der Waals surface area contributed by atoms with E-state index in [0.717, 1.165) is 4.90 Å². The molecule has 0 heterocycles. The topological polar surface area (TPSA) is 49.9 Å². The van der Waals surface area contributed by atoms with E-state index in [0.29, 0.717) is 15.8 Å². The van der Waals surface area contributed by atoms with E-state index >= 15 is 0 Å². The molecule has 0 amide bonds. The van der Waals surface area contributed by atoms with Crippen molar-refractivity contribution in [2.75, 3.05) is 0 Å². The molecule has 4 heteroatoms. The van der Waals surface area contributed by atoms with Gasteiger partial charge in [-0.15, -0.1) is 11.8 Å². The first kappa shape index (κ1) is 11.8. The van der Waals surface area contributed by atoms with Crippen LogP contribution in [0.4, 0.5) is 0 Å². The molecule has 0 radical (unpaired) electrons. The Morgan fingerprint density at radius 3 is 2.69 bits per heavy atom. The normalized spacial score (nSPS) is 16.6. The standard InChI is InChI=1S/C12H15ClN2S/c13-9-6-3-7-10(11(9)12(14)15)16-8-4-1-2-5-8/h3,6-8H,1-2,4-5H2,(H3,14,15). The van der Waals surface area contributed by atoms with Crippen LogP contribution < -0.4 is 5.73 Å². The third kappa shape index (κ3) is 2.53. The SMILES string of the molecule is N=C(N)c1c(Cl)cccc1SC1CCCC1. The minimum Gasteiger partial charge on any atom is -0.384 e. The molecule has 1 aromatic rings. The van der Waals surface area contributed by atoms with E-state index in [-0.39, 0.29) is 5.84 Å². The molecular formula is C12H15ClN2S. The molecule has 1 aromatic carbocycles. The van der Waals surface area contributed by atoms with Crippen molar-refractivity contribution >= 4 is 29.2 Å². The minimum atomic E-state index is 0.0612. The summed E-state index contributed by atoms with van der Waals surface area (Å²) in [6.07, 6.45) is 5.14. The quantitative estimate of drug-likeness (QED) is 0.639. The zero-order chi connectivity index (χ0) is 11.5. The van der Waals surface area contributed by atoms with E-state index in [1.807, 2.05) is 23.9 Å². The van der Waals surface area contributed by atoms with Gasteiger partial charge in [0.2, 0.25) is 0 Å². The van der Waals surface area contributed by atoms with Gasteiger partial charge in [0.05, 0.1) is 5.02 Å². The maximum Gasteiger partial charge on any atom is 0.125 e. The van der Waals surface area contributed by atoms with Crippen molar-refractivity contribution in [1.29, 1.82) is 5.41 Å². The number of halogens is 1. The van der Waals surface area contributed by atoms with Crippen molar-refractivity contribution in [2.24, 2.45) is 5.73 Å². The van der Waals surface area contributed by atoms with Gasteiger partial charge in [-0.1, -0.05) is 30.5 Å². The lowest BCUT2D eigenvalue weighted by Gasteiger charge is -2.13. The molecule has 1 fully saturated rings. The predicted molar refractivity (Wildman–Crippen MR) is 70.6 cm³/mol. The fraction of sp³-hybridized carbons (Fsp3) is 0.417. The predicted octanol–water partition coefficient (Wildman–Crippen LogP) is 3.66. The van der Waals surface area contributed by atoms with E-state index in [1.54, 1.807) is 6.07 Å². The Labute approximate surface area is 105 Å². The van der Waals surface area contributed by atoms with E-state index in [1.165, 1.54) is 25.7 Å². The Kier molecular flexibility index (Phi) is 3.77. The molecular weight excluding hydrogens is 240 g/mol. The van der Waals surface area contributed by atoms with Crippen LogP contribution in [0.15, 0.2) is 23.1 Å². The lowest BCUT2D eigenvalue weighted by atomic mass is 10.2. The number of hydrogen-bond acceptors (Lipinski definition) is 2. The zero-order valence-electron chi connectivity index (χ0n) is 9.00. The van der Waals surface area contributed by atoms with Gasteiger partial charge in [0, 0.05) is 15.7 Å². The summed E-state index contributed by atoms with van der Waals surface area (Å²) in [5.74, 6) is 0.0612. The van der Waals surface area contributed by atoms with Gasteiger partial charge in [0.15, 0.2) is 0 Å². The van der Waals surface area contributed by atoms with Crippen molar-refractivity contribution in [2.45, 2.75) is 35.8 Å². The van der Waals surface area contributed by atoms with Crippen LogP contribution in [0.2, 0.25) is 5.02 Å². The summed E-state index contributed by atoms with van der Waals surface area (Å²) in [4.78, 5) is 1.05. The summed E-state index contributed by atoms with van der Waals surface area (Å²) >= 11 is 7.89. The first-order chi connectivity index (χ1) is 7.68. The lowest BCUT2D eigenvalue weighted by molar-refractivity contribution is 0.886. The molecule has 1 aliphatic carbocycles. The van der Waals surface area contributed by atoms with Gasteiger partial charge in [0.25, 0.3) is 0 Å². The number of thioether (sulfide) groups is 1. The number of nitrogens with two attached hydrogens (primary N) is 1. The van der Waals surface area contributed by atoms with Crippen LogP contribution >= 0.6 is 23.4 Å². The van der Waals surface area contributed by atoms with Crippen LogP contribution in [-0.2, 0) is 0 Å². The third-order valence-corrected chi connectivity index (χ3v) is 4.55. The van der Waals surface area contributed by atoms with Gasteiger partial charge in [-0.2, -0.15) is 0 Å². The molecule has 0 atom stereocenters. The molecule has 1 saturated carbocycles. The number of amidine groups is 1. The first-order valence-electron chi connectivity index (χ1n) is 5.48. The van der Waals surface area contributed by atoms with Gasteiger partial charge in [-0.25, -0.2) is 0 Å². The molecule has 0 unspecified atom stereocenters. The highest BCUT2D eigenvalue weighted by molar-refractivity contribution is 8.00. The van der Waals surface area contributed by atoms with Crippen molar-refractivity contribution < 1.29 is 0 Å². The second-order valence-electron chi connectivity index (χ2n) is 4.05. The van der Waals surface area contributed by atoms with Crippen LogP contribution in [0.1, 0.15) is 31.2 Å². The van der Waals surface area contributed by atoms with E-state index in [9.17, 15) is 0 Å². The fourth-order valence-corrected chi connectivity index (χ4v) is 3.81. The highest BCUT2D eigenvalue weighted by atomic mass is 35.5. The van der Waals surface area contributed by atoms with Crippen LogP contribution in [0.25, 0.3) is 0 Å². The van der Waals surface area contributed by atoms with Gasteiger partial charge < -0.3 is 5.73 Å². The summed E-state index contributed by atoms with van der Waals surface area (Å²) in [7, 11) is 0. The third-order valence-electron chi connectivity index (χ3n) is 2.84. The van der Waals surface area contributed by atoms with Gasteiger partial charge in [0.1, 0.15) is 5.84 Å². The van der Waals surface area contributed by atoms with Crippen molar-refractivity contribution in [3.63, 3.8) is 0 Å². The average Bonchev–Trinajstić information content (AvgIpc) is 2.70. The van der Waals surface area contributed by atoms with E-state index in [4.69, 9.17) is 22.7 Å². The summed E-state index contributed by atoms with van der Waals surface area (Å²) in [5, 5.41) is 8.81. The Morgan fingerprint density at radius 1 is 1.38 bits per heavy atom. The van der Waals surface area contributed by atoms with Gasteiger partial charge in [-0.05, 0) is 25.0 Å². The molecule has 0 bridgehead atoms. The van der Waals surface area contributed by atoms with Crippen molar-refractivity contribution in [3.8, 4) is 0 Å². The first-order valence-corrected chi connectivity index (χ1v) is 6.74. The molecule has 2 nitrogen and oxygen atoms in total. The second kappa shape index (κ2) is 5.11. The van der Waals surface area contributed by atoms with Crippen LogP contribution in [-0.4, -0.2) is 11.1 Å². The molecule has 0 spiro atoms. The smallest absolute Gasteiger partial charge is 0.125 e. The highest BCUT2D eigenvalue weighted by Gasteiger charge is 2.19. The monoisotopic (exact) mass is 254 g/mol. The minimum absolute atomic E-state index is 0.0612. The van der Waals surface area contributed by atoms with Gasteiger partial charge >= 0.3 is 0 Å². The Hall–Kier alpha value is -0.670. The second-order valence-corrected chi connectivity index (χ2v) is 5.80. The highest BCUT2D eigenvalue weighted by Crippen LogP contribution is 2.37. The van der Waals surface area contributed by atoms with Crippen LogP contribution in [0.3, 0.4) is 0 Å². The maximum absolute atomic E-state index is 7.57. The molecule has 1 aliphatic rings. The van der Waals surface area contributed by atoms with E-state index < -0.39 is 0 Å². The fourth-order valence-electron chi connectivity index (χ4n) is 2.05. The summed E-state index contributed by atoms with van der Waals surface area (Å²) < 4.78 is 0. The average molecular weight is 255 g/mol. The Balaban J connectivity index is 2.25. The summed E-state index contributed by atoms with van der Waals surface area (Å²) in [5.41, 5.74) is 6.27. The van der Waals surface area contributed by atoms with Crippen LogP contribution in [0, 0.1) is 5.41 Å². The molecule has 16 heavy (non-hydrogen) atoms. The Bertz CT molecular complexity index is 400. The lowest BCUT2D eigenvalue weighted by Crippen LogP contribution is -2.13. The number of benzene rings is 1. The Morgan fingerprint density at radius 2 is 2.06 bits per heavy atom. The molecule has 86 valence electrons. The number of rotatable bonds is 3. The van der Waals surface area contributed by atoms with Crippen LogP contribution in [0.5, 0.6) is 0 Å². The number of nitrogens with one attached hydrogen (secondary N) is 1. The van der Waals surface area contributed by atoms with E-state index in [2.05, 4.69) is 0 Å². The number of hydrogen-bond donors (Lipinski definition) is 2. The van der Waals surface area contributed by atoms with Gasteiger partial charge in [-0.3, -0.25) is 5.41 Å². The molecule has 2 rings (SSSR count). The molecule has 0 saturated heterocycles. The number of nitrogen functional groups attached to an aromatic ring is 1. The van der Waals surface area contributed by atoms with Crippen molar-refractivity contribution in [1.82, 2.24) is 0 Å². The largest absolute Gasteiger partial charge is 0.384 e.